The molecule has 0 unspecified atom stereocenters. The number of aromatic nitrogens is 3. The van der Waals surface area contributed by atoms with Crippen LogP contribution in [0.4, 0.5) is 5.82 Å². The molecule has 3 aromatic heterocycles. The van der Waals surface area contributed by atoms with Crippen molar-refractivity contribution in [2.75, 3.05) is 5.32 Å². The Hall–Kier alpha value is -2.54. The third-order valence-corrected chi connectivity index (χ3v) is 5.03. The minimum absolute atomic E-state index is 0.0941. The molecule has 6 nitrogen and oxygen atoms in total. The Bertz CT molecular complexity index is 974. The molecule has 0 aliphatic rings. The van der Waals surface area contributed by atoms with E-state index in [0.29, 0.717) is 11.2 Å². The number of fused-ring (bicyclic) bond motifs is 1. The van der Waals surface area contributed by atoms with E-state index in [2.05, 4.69) is 15.3 Å². The monoisotopic (exact) mass is 342 g/mol. The molecule has 0 bridgehead atoms. The summed E-state index contributed by atoms with van der Waals surface area (Å²) < 4.78 is 1.49. The first-order valence-corrected chi connectivity index (χ1v) is 8.45. The largest absolute Gasteiger partial charge is 0.311 e. The van der Waals surface area contributed by atoms with Crippen molar-refractivity contribution in [2.24, 2.45) is 0 Å². The van der Waals surface area contributed by atoms with E-state index >= 15 is 0 Å². The van der Waals surface area contributed by atoms with Gasteiger partial charge in [-0.2, -0.15) is 0 Å². The lowest BCUT2D eigenvalue weighted by Gasteiger charge is -2.07. The van der Waals surface area contributed by atoms with Gasteiger partial charge in [-0.05, 0) is 44.0 Å². The molecule has 24 heavy (non-hydrogen) atoms. The summed E-state index contributed by atoms with van der Waals surface area (Å²) in [4.78, 5) is 34.9. The smallest absolute Gasteiger partial charge is 0.262 e. The Balaban J connectivity index is 1.74. The molecule has 0 aliphatic heterocycles. The Morgan fingerprint density at radius 2 is 2.08 bits per heavy atom. The average molecular weight is 342 g/mol. The fourth-order valence-corrected chi connectivity index (χ4v) is 3.45. The molecule has 1 amide bonds. The first kappa shape index (κ1) is 16.3. The number of hydrogen-bond donors (Lipinski definition) is 1. The van der Waals surface area contributed by atoms with Gasteiger partial charge in [0, 0.05) is 24.0 Å². The number of nitrogens with zero attached hydrogens (tertiary/aromatic N) is 3. The van der Waals surface area contributed by atoms with Crippen LogP contribution < -0.4 is 10.9 Å². The van der Waals surface area contributed by atoms with Gasteiger partial charge < -0.3 is 5.32 Å². The van der Waals surface area contributed by atoms with Crippen molar-refractivity contribution < 1.29 is 4.79 Å². The van der Waals surface area contributed by atoms with E-state index in [1.807, 2.05) is 26.8 Å². The number of carbonyl (C=O) groups excluding carboxylic acids is 1. The Morgan fingerprint density at radius 1 is 1.29 bits per heavy atom. The van der Waals surface area contributed by atoms with Gasteiger partial charge >= 0.3 is 0 Å². The van der Waals surface area contributed by atoms with E-state index in [4.69, 9.17) is 0 Å². The Kier molecular flexibility index (Phi) is 4.44. The van der Waals surface area contributed by atoms with Crippen LogP contribution in [0.1, 0.15) is 22.4 Å². The minimum Gasteiger partial charge on any atom is -0.311 e. The minimum atomic E-state index is -0.182. The fourth-order valence-electron chi connectivity index (χ4n) is 2.46. The highest BCUT2D eigenvalue weighted by Crippen LogP contribution is 2.25. The van der Waals surface area contributed by atoms with Crippen LogP contribution in [0, 0.1) is 20.8 Å². The molecule has 1 N–H and O–H groups in total. The molecule has 0 saturated heterocycles. The number of aryl methyl sites for hydroxylation is 4. The molecule has 0 radical (unpaired) electrons. The average Bonchev–Trinajstić information content (AvgIpc) is 2.82. The van der Waals surface area contributed by atoms with Crippen molar-refractivity contribution in [1.29, 1.82) is 0 Å². The Labute approximate surface area is 143 Å². The van der Waals surface area contributed by atoms with E-state index in [9.17, 15) is 9.59 Å². The number of pyridine rings is 1. The van der Waals surface area contributed by atoms with Crippen LogP contribution in [0.2, 0.25) is 0 Å². The topological polar surface area (TPSA) is 76.9 Å². The first-order valence-electron chi connectivity index (χ1n) is 7.63. The summed E-state index contributed by atoms with van der Waals surface area (Å²) in [6.07, 6.45) is 3.35. The normalized spacial score (nSPS) is 11.0. The zero-order valence-electron chi connectivity index (χ0n) is 13.8. The van der Waals surface area contributed by atoms with Crippen LogP contribution in [-0.4, -0.2) is 20.4 Å². The fraction of sp³-hybridized carbons (Fsp3) is 0.294. The maximum atomic E-state index is 12.6. The van der Waals surface area contributed by atoms with E-state index in [1.165, 1.54) is 22.2 Å². The zero-order chi connectivity index (χ0) is 17.3. The lowest BCUT2D eigenvalue weighted by atomic mass is 10.2. The molecule has 3 heterocycles. The van der Waals surface area contributed by atoms with Crippen LogP contribution in [-0.2, 0) is 11.3 Å². The van der Waals surface area contributed by atoms with Gasteiger partial charge in [0.15, 0.2) is 0 Å². The molecule has 124 valence electrons. The summed E-state index contributed by atoms with van der Waals surface area (Å²) >= 11 is 1.52. The summed E-state index contributed by atoms with van der Waals surface area (Å²) in [5, 5.41) is 3.39. The van der Waals surface area contributed by atoms with Gasteiger partial charge in [-0.3, -0.25) is 14.2 Å². The van der Waals surface area contributed by atoms with Gasteiger partial charge in [-0.1, -0.05) is 0 Å². The van der Waals surface area contributed by atoms with Crippen molar-refractivity contribution in [3.63, 3.8) is 0 Å². The predicted octanol–water partition coefficient (Wildman–Crippen LogP) is 2.81. The Morgan fingerprint density at radius 3 is 2.83 bits per heavy atom. The lowest BCUT2D eigenvalue weighted by Crippen LogP contribution is -2.23. The quantitative estimate of drug-likeness (QED) is 0.791. The molecule has 0 fully saturated rings. The number of carbonyl (C=O) groups is 1. The maximum absolute atomic E-state index is 12.6. The van der Waals surface area contributed by atoms with Crippen molar-refractivity contribution >= 4 is 33.3 Å². The summed E-state index contributed by atoms with van der Waals surface area (Å²) in [6, 6.07) is 3.66. The van der Waals surface area contributed by atoms with E-state index in [0.717, 1.165) is 20.8 Å². The highest BCUT2D eigenvalue weighted by Gasteiger charge is 2.12. The van der Waals surface area contributed by atoms with Crippen LogP contribution in [0.25, 0.3) is 10.2 Å². The second-order valence-electron chi connectivity index (χ2n) is 5.72. The molecular weight excluding hydrogens is 324 g/mol. The van der Waals surface area contributed by atoms with Crippen LogP contribution in [0.5, 0.6) is 0 Å². The zero-order valence-corrected chi connectivity index (χ0v) is 14.6. The van der Waals surface area contributed by atoms with Crippen molar-refractivity contribution in [3.05, 3.63) is 51.0 Å². The summed E-state index contributed by atoms with van der Waals surface area (Å²) in [6.45, 7) is 6.13. The molecule has 0 spiro atoms. The molecule has 0 saturated carbocycles. The second-order valence-corrected chi connectivity index (χ2v) is 6.93. The molecule has 0 aliphatic carbocycles. The SMILES string of the molecule is Cc1ccnc(NC(=O)CCn2cnc3sc(C)c(C)c3c2=O)c1. The van der Waals surface area contributed by atoms with Crippen LogP contribution in [0.15, 0.2) is 29.5 Å². The van der Waals surface area contributed by atoms with Crippen molar-refractivity contribution in [3.8, 4) is 0 Å². The number of amides is 1. The number of thiophene rings is 1. The molecule has 0 atom stereocenters. The second kappa shape index (κ2) is 6.52. The molecule has 7 heteroatoms. The van der Waals surface area contributed by atoms with Gasteiger partial charge in [-0.25, -0.2) is 9.97 Å². The van der Waals surface area contributed by atoms with Gasteiger partial charge in [0.25, 0.3) is 5.56 Å². The van der Waals surface area contributed by atoms with Gasteiger partial charge in [-0.15, -0.1) is 11.3 Å². The van der Waals surface area contributed by atoms with Crippen molar-refractivity contribution in [1.82, 2.24) is 14.5 Å². The number of nitrogens with one attached hydrogen (secondary N) is 1. The third-order valence-electron chi connectivity index (χ3n) is 3.92. The van der Waals surface area contributed by atoms with Gasteiger partial charge in [0.2, 0.25) is 5.91 Å². The molecule has 3 aromatic rings. The number of hydrogen-bond acceptors (Lipinski definition) is 5. The predicted molar refractivity (Wildman–Crippen MR) is 95.6 cm³/mol. The standard InChI is InChI=1S/C17H18N4O2S/c1-10-4-6-18-13(8-10)20-14(22)5-7-21-9-19-16-15(17(21)23)11(2)12(3)24-16/h4,6,8-9H,5,7H2,1-3H3,(H,18,20,22). The summed E-state index contributed by atoms with van der Waals surface area (Å²) in [5.41, 5.74) is 1.90. The van der Waals surface area contributed by atoms with E-state index in [-0.39, 0.29) is 24.4 Å². The molecular formula is C17H18N4O2S. The summed E-state index contributed by atoms with van der Waals surface area (Å²) in [5.74, 6) is 0.337. The molecule has 3 rings (SSSR count). The first-order chi connectivity index (χ1) is 11.5. The van der Waals surface area contributed by atoms with Crippen LogP contribution >= 0.6 is 11.3 Å². The van der Waals surface area contributed by atoms with E-state index in [1.54, 1.807) is 12.3 Å². The highest BCUT2D eigenvalue weighted by molar-refractivity contribution is 7.18. The number of anilines is 1. The highest BCUT2D eigenvalue weighted by atomic mass is 32.1. The third kappa shape index (κ3) is 3.21. The van der Waals surface area contributed by atoms with Gasteiger partial charge in [0.05, 0.1) is 11.7 Å². The number of rotatable bonds is 4. The van der Waals surface area contributed by atoms with Crippen molar-refractivity contribution in [2.45, 2.75) is 33.7 Å². The summed E-state index contributed by atoms with van der Waals surface area (Å²) in [7, 11) is 0. The molecule has 0 aromatic carbocycles. The maximum Gasteiger partial charge on any atom is 0.262 e. The van der Waals surface area contributed by atoms with Crippen LogP contribution in [0.3, 0.4) is 0 Å². The van der Waals surface area contributed by atoms with E-state index < -0.39 is 0 Å². The lowest BCUT2D eigenvalue weighted by molar-refractivity contribution is -0.116. The van der Waals surface area contributed by atoms with Gasteiger partial charge in [0.1, 0.15) is 10.6 Å².